The normalized spacial score (nSPS) is 26.3. The molecule has 5 aliphatic rings. The SMILES string of the molecule is Nc1nc2c(ncn2[C@@H]2O[C@@H]3COP(O)(=S)O[C@H]4[C@H](F)[C@H](n5cnc6c(N)ncnc65)O[C@@H]4COP(O)(=S)O[C@@H]2[C@@H]3F)c(=O)[nH]1.O=P(Cl)(Oc1ccccc1)Oc1ccccc1.O=c1ssc2ccccc12.[C-]#[N+]CCOP(=S)(OC[C@H]1O[C@@H](n2cnc3c(=O)[nH]c(NC(=O)C(C)C)nc32)[C@H](O[P+](=O)O)[C@@H]1F)O[C@H]1[C@H](F)[C@H](n2cnc3c(NC(=O)c4ccccc4)ncnc32)O[C@@H]1CO. The van der Waals surface area contributed by atoms with Crippen molar-refractivity contribution in [1.82, 2.24) is 78.1 Å². The van der Waals surface area contributed by atoms with Crippen LogP contribution in [0.1, 0.15) is 49.1 Å². The van der Waals surface area contributed by atoms with Crippen LogP contribution in [0.2, 0.25) is 0 Å². The number of nitrogens with zero attached hydrogens (tertiary/aromatic N) is 15. The molecule has 0 aliphatic carbocycles. The van der Waals surface area contributed by atoms with E-state index in [1.165, 1.54) is 32.1 Å². The van der Waals surface area contributed by atoms with E-state index in [1.807, 2.05) is 36.4 Å². The average Bonchev–Trinajstić information content (AvgIpc) is 1.61. The number of ether oxygens (including phenoxy) is 4. The molecule has 0 radical (unpaired) electrons. The molecular weight excluding hydrogens is 2000 g/mol. The molecule has 5 saturated heterocycles. The van der Waals surface area contributed by atoms with E-state index >= 15 is 17.6 Å². The number of hydrogen-bond acceptors (Lipinski definition) is 39. The average molecular weight is 2070 g/mol. The Balaban J connectivity index is 0.000000163. The van der Waals surface area contributed by atoms with Crippen LogP contribution in [0.15, 0.2) is 168 Å². The number of nitrogens with one attached hydrogen (secondary N) is 4. The highest BCUT2D eigenvalue weighted by Gasteiger charge is 2.57. The number of hydrogen-bond donors (Lipinski definition) is 10. The van der Waals surface area contributed by atoms with Gasteiger partial charge in [0.1, 0.15) is 79.0 Å². The van der Waals surface area contributed by atoms with Gasteiger partial charge in [0.25, 0.3) is 21.8 Å². The number of para-hydroxylation sites is 2. The molecule has 2 bridgehead atoms. The number of imidazole rings is 4. The highest BCUT2D eigenvalue weighted by atomic mass is 35.7. The van der Waals surface area contributed by atoms with Crippen molar-refractivity contribution in [2.75, 3.05) is 61.7 Å². The van der Waals surface area contributed by atoms with E-state index in [2.05, 4.69) is 75.3 Å². The highest BCUT2D eigenvalue weighted by molar-refractivity contribution is 8.08. The molecule has 46 nitrogen and oxygen atoms in total. The molecule has 13 aromatic rings. The number of H-pyrrole nitrogens is 2. The number of halogens is 5. The molecule has 2 amide bonds. The second kappa shape index (κ2) is 42.4. The number of fused-ring (bicyclic) bond motifs is 8. The Kier molecular flexibility index (Phi) is 31.2. The number of carbonyl (C=O) groups excluding carboxylic acids is 2. The molecule has 12 N–H and O–H groups in total. The van der Waals surface area contributed by atoms with E-state index in [1.54, 1.807) is 103 Å². The Morgan fingerprint density at radius 3 is 1.83 bits per heavy atom. The van der Waals surface area contributed by atoms with E-state index < -0.39 is 189 Å². The Labute approximate surface area is 778 Å². The smallest absolute Gasteiger partial charge is 0.405 e. The van der Waals surface area contributed by atoms with E-state index in [0.29, 0.717) is 17.1 Å². The van der Waals surface area contributed by atoms with Crippen LogP contribution in [0, 0.1) is 12.5 Å². The lowest BCUT2D eigenvalue weighted by atomic mass is 10.1. The molecule has 61 heteroatoms. The van der Waals surface area contributed by atoms with Crippen LogP contribution >= 0.6 is 67.3 Å². The number of anilines is 4. The summed E-state index contributed by atoms with van der Waals surface area (Å²) in [5, 5.41) is 16.2. The Morgan fingerprint density at radius 2 is 1.20 bits per heavy atom. The zero-order valence-electron chi connectivity index (χ0n) is 68.4. The fraction of sp³-hybridized carbons (Fsp3) is 0.342. The number of aromatic nitrogens is 16. The van der Waals surface area contributed by atoms with Crippen molar-refractivity contribution in [3.05, 3.63) is 200 Å². The summed E-state index contributed by atoms with van der Waals surface area (Å²) >= 11 is 21.6. The van der Waals surface area contributed by atoms with Gasteiger partial charge in [-0.25, -0.2) is 68.6 Å². The minimum atomic E-state index is -4.35. The van der Waals surface area contributed by atoms with E-state index in [-0.39, 0.29) is 86.1 Å². The molecule has 9 aromatic heterocycles. The molecular formula is C73H72ClF4N21O25P5S5+. The predicted molar refractivity (Wildman–Crippen MR) is 481 cm³/mol. The van der Waals surface area contributed by atoms with Gasteiger partial charge in [-0.1, -0.05) is 90.9 Å². The molecule has 0 saturated carbocycles. The van der Waals surface area contributed by atoms with Crippen LogP contribution in [0.4, 0.5) is 41.1 Å². The number of aromatic amines is 2. The lowest BCUT2D eigenvalue weighted by molar-refractivity contribution is -0.119. The van der Waals surface area contributed by atoms with Gasteiger partial charge >= 0.3 is 35.4 Å². The van der Waals surface area contributed by atoms with Gasteiger partial charge in [-0.15, -0.1) is 9.42 Å². The first kappa shape index (κ1) is 98.6. The van der Waals surface area contributed by atoms with Crippen molar-refractivity contribution in [2.45, 2.75) is 112 Å². The maximum absolute atomic E-state index is 16.6. The molecule has 134 heavy (non-hydrogen) atoms. The first-order valence-corrected chi connectivity index (χ1v) is 52.6. The molecule has 0 spiro atoms. The van der Waals surface area contributed by atoms with Crippen LogP contribution in [-0.2, 0) is 104 Å². The number of benzene rings is 4. The predicted octanol–water partition coefficient (Wildman–Crippen LogP) is 9.53. The molecule has 4 aromatic carbocycles. The molecule has 14 heterocycles. The third-order valence-corrected chi connectivity index (χ3v) is 29.3. The lowest BCUT2D eigenvalue weighted by Crippen LogP contribution is -2.34. The van der Waals surface area contributed by atoms with Crippen LogP contribution in [0.3, 0.4) is 0 Å². The first-order chi connectivity index (χ1) is 64.1. The zero-order chi connectivity index (χ0) is 95.2. The molecule has 20 atom stereocenters. The van der Waals surface area contributed by atoms with E-state index in [4.69, 9.17) is 129 Å². The van der Waals surface area contributed by atoms with E-state index in [9.17, 15) is 52.9 Å². The summed E-state index contributed by atoms with van der Waals surface area (Å²) in [6.07, 6.45) is -20.4. The number of rotatable bonds is 23. The van der Waals surface area contributed by atoms with Crippen molar-refractivity contribution in [3.8, 4) is 11.5 Å². The summed E-state index contributed by atoms with van der Waals surface area (Å²) in [4.78, 5) is 142. The van der Waals surface area contributed by atoms with Crippen LogP contribution in [0.25, 0.3) is 59.6 Å². The van der Waals surface area contributed by atoms with E-state index in [0.717, 1.165) is 44.5 Å². The summed E-state index contributed by atoms with van der Waals surface area (Å²) in [5.74, 6) is -1.12. The van der Waals surface area contributed by atoms with Gasteiger partial charge in [0.2, 0.25) is 24.3 Å². The monoisotopic (exact) mass is 2070 g/mol. The maximum Gasteiger partial charge on any atom is 0.695 e. The largest absolute Gasteiger partial charge is 0.695 e. The standard InChI is InChI=1S/C34H35F2N11O12P2S.C20H22F2N10O9P2S2.C12H10ClO3P.C7H4OS2/c1-16(2)29(49)44-34-43-28-23(31(51)45-34)41-15-47(28)33-25(58-60(52)53)20(35)19(57-33)12-55-61(62,54-10-9-37-3)59-24-18(11-48)56-32(21(24)36)46-14-40-22-26(38-13-39-27(22)46)42-30(50)17-7-5-4-6-8-17;21-8-6-1-36-42(34,44)40-12-7(39-18(9(12)22)31-4-27-10-14(23)25-3-26-15(10)31)2-37-43(35,45)41-13(8)19(38-6)32-5-28-11-16(32)29-20(24)30-17(11)33;13-17(14,15-11-7-3-1-4-8-11)16-12-9-5-2-6-10-12;8-7-5-3-1-2-4-6(5)9-10-7/h4-8,13-16,18-21,24-25,32-33,48H,9-12H2,1-2H3,(H3-,38,39,42,43,44,45,49,50,51,52,53);3-9,12-13,18-19H,1-2H2,(H,34,44)(H,35,45)(H2,23,25,26)(H3,24,29,30,33);1-10H;1-4H/p+1/t18-,19-,20-,21+,24-,25-,32-,33-,61?;6-,7-,8-,9+,12-,13-,18-,19-,42?,43?;;/m11../s1. The summed E-state index contributed by atoms with van der Waals surface area (Å²) in [6.45, 7) is -9.74. The van der Waals surface area contributed by atoms with Gasteiger partial charge in [-0.05, 0) is 94.3 Å². The van der Waals surface area contributed by atoms with Crippen molar-refractivity contribution < 1.29 is 120 Å². The zero-order valence-corrected chi connectivity index (χ0v) is 77.7. The fourth-order valence-electron chi connectivity index (χ4n) is 13.7. The fourth-order valence-corrected chi connectivity index (χ4v) is 22.4. The van der Waals surface area contributed by atoms with Crippen molar-refractivity contribution >= 4 is 193 Å². The minimum Gasteiger partial charge on any atom is -0.405 e. The van der Waals surface area contributed by atoms with Crippen molar-refractivity contribution in [2.24, 2.45) is 5.92 Å². The quantitative estimate of drug-likeness (QED) is 0.00936. The number of nitrogen functional groups attached to an aromatic ring is 2. The number of nitrogens with two attached hydrogens (primary N) is 2. The Morgan fingerprint density at radius 1 is 0.657 bits per heavy atom. The van der Waals surface area contributed by atoms with Crippen LogP contribution in [-0.4, -0.2) is 223 Å². The highest BCUT2D eigenvalue weighted by Crippen LogP contribution is 2.58. The van der Waals surface area contributed by atoms with Crippen LogP contribution < -0.4 is 47.0 Å². The number of carbonyl (C=O) groups is 2. The maximum atomic E-state index is 16.6. The first-order valence-electron chi connectivity index (χ1n) is 39.1. The third kappa shape index (κ3) is 22.6. The molecule has 4 unspecified atom stereocenters. The third-order valence-electron chi connectivity index (χ3n) is 19.9. The van der Waals surface area contributed by atoms with Gasteiger partial charge in [0.05, 0.1) is 57.1 Å². The Bertz CT molecular complexity index is 6870. The summed E-state index contributed by atoms with van der Waals surface area (Å²) in [7, 11) is -0.591. The molecule has 5 aliphatic heterocycles. The number of alkyl halides is 4. The summed E-state index contributed by atoms with van der Waals surface area (Å²) in [6, 6.07) is 33.3. The Hall–Kier alpha value is -9.93. The summed E-state index contributed by atoms with van der Waals surface area (Å²) in [5.41, 5.74) is 10.2. The van der Waals surface area contributed by atoms with Gasteiger partial charge in [-0.2, -0.15) is 9.97 Å². The van der Waals surface area contributed by atoms with Gasteiger partial charge in [-0.3, -0.25) is 71.1 Å². The van der Waals surface area contributed by atoms with Crippen molar-refractivity contribution in [1.29, 1.82) is 0 Å². The van der Waals surface area contributed by atoms with Gasteiger partial charge in [0, 0.05) is 32.0 Å². The molecule has 708 valence electrons. The molecule has 5 fully saturated rings. The van der Waals surface area contributed by atoms with Gasteiger partial charge in [0.15, 0.2) is 106 Å². The van der Waals surface area contributed by atoms with Crippen LogP contribution in [0.5, 0.6) is 11.5 Å². The number of aliphatic hydroxyl groups excluding tert-OH is 1. The second-order valence-corrected chi connectivity index (χ2v) is 42.9. The minimum absolute atomic E-state index is 0.0201. The number of aliphatic hydroxyl groups is 1. The topological polar surface area (TPSA) is 590 Å². The number of amides is 2. The molecule has 18 rings (SSSR count). The van der Waals surface area contributed by atoms with Gasteiger partial charge < -0.3 is 82.6 Å². The van der Waals surface area contributed by atoms with Crippen molar-refractivity contribution in [3.63, 3.8) is 0 Å². The lowest BCUT2D eigenvalue weighted by Gasteiger charge is -2.28. The second-order valence-electron chi connectivity index (χ2n) is 29.0. The summed E-state index contributed by atoms with van der Waals surface area (Å²) < 4.78 is 172.